The molecule has 0 aromatic rings. The van der Waals surface area contributed by atoms with Gasteiger partial charge in [-0.25, -0.2) is 0 Å². The molecule has 0 radical (unpaired) electrons. The van der Waals surface area contributed by atoms with E-state index < -0.39 is 0 Å². The van der Waals surface area contributed by atoms with E-state index in [1.54, 1.807) is 0 Å². The highest BCUT2D eigenvalue weighted by Crippen LogP contribution is 1.92. The fraction of sp³-hybridized carbons (Fsp3) is 0.900. The Labute approximate surface area is 77.7 Å². The van der Waals surface area contributed by atoms with Crippen molar-refractivity contribution in [2.75, 3.05) is 13.6 Å². The number of carbonyl (C=O) groups excluding carboxylic acids is 1. The standard InChI is InChI=1S/C5H10O.C3H9N.C2H6/c1-5(2)3-4-6;1-3-4-2;1-2/h4-5H,3H2,1-2H3;4H,3H2,1-2H3;1-2H3. The molecule has 0 fully saturated rings. The second-order valence-corrected chi connectivity index (χ2v) is 2.50. The van der Waals surface area contributed by atoms with Crippen LogP contribution in [0.25, 0.3) is 0 Å². The van der Waals surface area contributed by atoms with Crippen LogP contribution >= 0.6 is 0 Å². The zero-order valence-corrected chi connectivity index (χ0v) is 9.48. The molecule has 0 saturated heterocycles. The molecule has 0 rings (SSSR count). The maximum absolute atomic E-state index is 9.62. The van der Waals surface area contributed by atoms with Crippen molar-refractivity contribution in [3.8, 4) is 0 Å². The molecule has 2 heteroatoms. The number of rotatable bonds is 3. The third kappa shape index (κ3) is 54.4. The molecular weight excluding hydrogens is 150 g/mol. The average molecular weight is 175 g/mol. The topological polar surface area (TPSA) is 29.1 Å². The molecule has 0 aromatic heterocycles. The number of aldehydes is 1. The molecule has 0 aromatic carbocycles. The van der Waals surface area contributed by atoms with Crippen LogP contribution in [0, 0.1) is 5.92 Å². The van der Waals surface area contributed by atoms with Gasteiger partial charge >= 0.3 is 0 Å². The zero-order valence-electron chi connectivity index (χ0n) is 9.48. The van der Waals surface area contributed by atoms with Crippen LogP contribution in [0.5, 0.6) is 0 Å². The van der Waals surface area contributed by atoms with Gasteiger partial charge in [-0.3, -0.25) is 0 Å². The summed E-state index contributed by atoms with van der Waals surface area (Å²) in [6, 6.07) is 0. The van der Waals surface area contributed by atoms with Crippen LogP contribution in [0.2, 0.25) is 0 Å². The van der Waals surface area contributed by atoms with Crippen LogP contribution < -0.4 is 5.32 Å². The summed E-state index contributed by atoms with van der Waals surface area (Å²) in [4.78, 5) is 9.62. The average Bonchev–Trinajstić information content (AvgIpc) is 2.08. The highest BCUT2D eigenvalue weighted by molar-refractivity contribution is 5.49. The van der Waals surface area contributed by atoms with Crippen LogP contribution in [0.3, 0.4) is 0 Å². The summed E-state index contributed by atoms with van der Waals surface area (Å²) in [6.45, 7) is 11.2. The van der Waals surface area contributed by atoms with Crippen LogP contribution in [0.4, 0.5) is 0 Å². The molecule has 0 aliphatic carbocycles. The van der Waals surface area contributed by atoms with Gasteiger partial charge in [0.2, 0.25) is 0 Å². The van der Waals surface area contributed by atoms with E-state index in [1.165, 1.54) is 0 Å². The van der Waals surface area contributed by atoms with Crippen molar-refractivity contribution >= 4 is 6.29 Å². The Morgan fingerprint density at radius 2 is 1.67 bits per heavy atom. The summed E-state index contributed by atoms with van der Waals surface area (Å²) in [5.74, 6) is 0.530. The van der Waals surface area contributed by atoms with E-state index in [1.807, 2.05) is 34.7 Å². The molecule has 12 heavy (non-hydrogen) atoms. The largest absolute Gasteiger partial charge is 0.320 e. The van der Waals surface area contributed by atoms with Gasteiger partial charge in [0.25, 0.3) is 0 Å². The van der Waals surface area contributed by atoms with Crippen molar-refractivity contribution in [1.82, 2.24) is 5.32 Å². The fourth-order valence-electron chi connectivity index (χ4n) is 0.192. The molecule has 2 nitrogen and oxygen atoms in total. The van der Waals surface area contributed by atoms with E-state index in [9.17, 15) is 4.79 Å². The third-order valence-corrected chi connectivity index (χ3v) is 0.921. The molecule has 0 amide bonds. The lowest BCUT2D eigenvalue weighted by molar-refractivity contribution is -0.108. The van der Waals surface area contributed by atoms with Gasteiger partial charge < -0.3 is 10.1 Å². The van der Waals surface area contributed by atoms with E-state index in [-0.39, 0.29) is 0 Å². The van der Waals surface area contributed by atoms with Crippen LogP contribution in [0.1, 0.15) is 41.0 Å². The monoisotopic (exact) mass is 175 g/mol. The van der Waals surface area contributed by atoms with E-state index in [2.05, 4.69) is 12.2 Å². The summed E-state index contributed by atoms with van der Waals surface area (Å²) < 4.78 is 0. The molecule has 76 valence electrons. The van der Waals surface area contributed by atoms with E-state index in [4.69, 9.17) is 0 Å². The molecule has 0 saturated carbocycles. The molecule has 0 bridgehead atoms. The van der Waals surface area contributed by atoms with Gasteiger partial charge in [0, 0.05) is 6.42 Å². The van der Waals surface area contributed by atoms with Gasteiger partial charge in [0.15, 0.2) is 0 Å². The highest BCUT2D eigenvalue weighted by atomic mass is 16.1. The van der Waals surface area contributed by atoms with Crippen molar-refractivity contribution in [2.24, 2.45) is 5.92 Å². The first-order chi connectivity index (χ1) is 5.68. The lowest BCUT2D eigenvalue weighted by Crippen LogP contribution is -2.01. The fourth-order valence-corrected chi connectivity index (χ4v) is 0.192. The first-order valence-electron chi connectivity index (χ1n) is 4.77. The SMILES string of the molecule is CC.CC(C)CC=O.CCNC. The number of carbonyl (C=O) groups is 1. The Morgan fingerprint density at radius 3 is 1.67 bits per heavy atom. The Balaban J connectivity index is -0.000000118. The molecule has 0 aliphatic rings. The van der Waals surface area contributed by atoms with Crippen molar-refractivity contribution < 1.29 is 4.79 Å². The van der Waals surface area contributed by atoms with E-state index in [0.29, 0.717) is 12.3 Å². The Hall–Kier alpha value is -0.370. The van der Waals surface area contributed by atoms with Crippen LogP contribution in [0.15, 0.2) is 0 Å². The van der Waals surface area contributed by atoms with Crippen LogP contribution in [-0.2, 0) is 4.79 Å². The Kier molecular flexibility index (Phi) is 33.0. The minimum absolute atomic E-state index is 0.530. The van der Waals surface area contributed by atoms with Gasteiger partial charge in [0.05, 0.1) is 0 Å². The third-order valence-electron chi connectivity index (χ3n) is 0.921. The Morgan fingerprint density at radius 1 is 1.33 bits per heavy atom. The summed E-state index contributed by atoms with van der Waals surface area (Å²) >= 11 is 0. The highest BCUT2D eigenvalue weighted by Gasteiger charge is 1.85. The quantitative estimate of drug-likeness (QED) is 0.668. The van der Waals surface area contributed by atoms with Gasteiger partial charge in [-0.1, -0.05) is 34.6 Å². The summed E-state index contributed by atoms with van der Waals surface area (Å²) in [5.41, 5.74) is 0. The van der Waals surface area contributed by atoms with Gasteiger partial charge in [-0.2, -0.15) is 0 Å². The van der Waals surface area contributed by atoms with E-state index >= 15 is 0 Å². The van der Waals surface area contributed by atoms with E-state index in [0.717, 1.165) is 12.8 Å². The predicted molar refractivity (Wildman–Crippen MR) is 56.5 cm³/mol. The van der Waals surface area contributed by atoms with Crippen molar-refractivity contribution in [2.45, 2.75) is 41.0 Å². The molecular formula is C10H25NO. The minimum Gasteiger partial charge on any atom is -0.320 e. The van der Waals surface area contributed by atoms with Gasteiger partial charge in [0.1, 0.15) is 6.29 Å². The number of hydrogen-bond acceptors (Lipinski definition) is 2. The molecule has 1 N–H and O–H groups in total. The summed E-state index contributed by atoms with van der Waals surface area (Å²) in [7, 11) is 1.93. The second-order valence-electron chi connectivity index (χ2n) is 2.50. The smallest absolute Gasteiger partial charge is 0.120 e. The summed E-state index contributed by atoms with van der Waals surface area (Å²) in [6.07, 6.45) is 1.64. The van der Waals surface area contributed by atoms with Crippen molar-refractivity contribution in [1.29, 1.82) is 0 Å². The number of nitrogens with one attached hydrogen (secondary N) is 1. The lowest BCUT2D eigenvalue weighted by atomic mass is 10.2. The molecule has 0 aliphatic heterocycles. The Bertz CT molecular complexity index is 60.9. The zero-order chi connectivity index (χ0) is 10.4. The molecule has 0 spiro atoms. The minimum atomic E-state index is 0.530. The predicted octanol–water partition coefficient (Wildman–Crippen LogP) is 2.48. The first kappa shape index (κ1) is 17.6. The van der Waals surface area contributed by atoms with Crippen molar-refractivity contribution in [3.63, 3.8) is 0 Å². The van der Waals surface area contributed by atoms with Crippen LogP contribution in [-0.4, -0.2) is 19.9 Å². The maximum atomic E-state index is 9.62. The summed E-state index contributed by atoms with van der Waals surface area (Å²) in [5, 5.41) is 2.93. The van der Waals surface area contributed by atoms with Gasteiger partial charge in [-0.15, -0.1) is 0 Å². The number of hydrogen-bond donors (Lipinski definition) is 1. The first-order valence-corrected chi connectivity index (χ1v) is 4.77. The lowest BCUT2D eigenvalue weighted by Gasteiger charge is -1.89. The molecule has 0 unspecified atom stereocenters. The second kappa shape index (κ2) is 22.4. The maximum Gasteiger partial charge on any atom is 0.120 e. The normalized spacial score (nSPS) is 7.58. The molecule has 0 heterocycles. The van der Waals surface area contributed by atoms with Crippen molar-refractivity contribution in [3.05, 3.63) is 0 Å². The van der Waals surface area contributed by atoms with Gasteiger partial charge in [-0.05, 0) is 19.5 Å². The molecule has 0 atom stereocenters.